The summed E-state index contributed by atoms with van der Waals surface area (Å²) in [6.07, 6.45) is 0. The van der Waals surface area contributed by atoms with Gasteiger partial charge in [-0.15, -0.1) is 0 Å². The summed E-state index contributed by atoms with van der Waals surface area (Å²) < 4.78 is 13.6. The maximum atomic E-state index is 13.6. The van der Waals surface area contributed by atoms with E-state index < -0.39 is 0 Å². The minimum absolute atomic E-state index is 0.201. The van der Waals surface area contributed by atoms with Gasteiger partial charge in [-0.3, -0.25) is 4.98 Å². The molecule has 0 aliphatic rings. The second-order valence-electron chi connectivity index (χ2n) is 4.62. The maximum Gasteiger partial charge on any atom is 0.128 e. The second kappa shape index (κ2) is 4.32. The zero-order valence-electron chi connectivity index (χ0n) is 10.6. The Balaban J connectivity index is 2.78. The fourth-order valence-electron chi connectivity index (χ4n) is 1.88. The highest BCUT2D eigenvalue weighted by Gasteiger charge is 2.10. The third kappa shape index (κ3) is 2.09. The summed E-state index contributed by atoms with van der Waals surface area (Å²) in [5.41, 5.74) is 3.34. The molecular formula is C14H17FN2. The lowest BCUT2D eigenvalue weighted by Crippen LogP contribution is -1.99. The van der Waals surface area contributed by atoms with Crippen molar-refractivity contribution in [3.8, 4) is 0 Å². The minimum atomic E-state index is -0.201. The summed E-state index contributed by atoms with van der Waals surface area (Å²) >= 11 is 0. The molecule has 90 valence electrons. The molecule has 0 unspecified atom stereocenters. The normalized spacial score (nSPS) is 11.2. The van der Waals surface area contributed by atoms with E-state index >= 15 is 0 Å². The van der Waals surface area contributed by atoms with Crippen molar-refractivity contribution in [2.24, 2.45) is 0 Å². The third-order valence-corrected chi connectivity index (χ3v) is 2.97. The van der Waals surface area contributed by atoms with Crippen molar-refractivity contribution in [2.75, 3.05) is 12.4 Å². The lowest BCUT2D eigenvalue weighted by Gasteiger charge is -2.12. The van der Waals surface area contributed by atoms with E-state index in [4.69, 9.17) is 0 Å². The van der Waals surface area contributed by atoms with Gasteiger partial charge in [0.1, 0.15) is 5.82 Å². The van der Waals surface area contributed by atoms with E-state index in [0.717, 1.165) is 16.8 Å². The zero-order valence-corrected chi connectivity index (χ0v) is 10.6. The second-order valence-corrected chi connectivity index (χ2v) is 4.62. The molecule has 0 amide bonds. The average molecular weight is 232 g/mol. The number of aryl methyl sites for hydroxylation is 1. The Morgan fingerprint density at radius 3 is 2.53 bits per heavy atom. The number of halogens is 1. The van der Waals surface area contributed by atoms with Gasteiger partial charge in [-0.25, -0.2) is 4.39 Å². The van der Waals surface area contributed by atoms with Crippen molar-refractivity contribution in [3.05, 3.63) is 35.3 Å². The fraction of sp³-hybridized carbons (Fsp3) is 0.357. The first-order valence-corrected chi connectivity index (χ1v) is 5.81. The molecule has 1 N–H and O–H groups in total. The van der Waals surface area contributed by atoms with Crippen molar-refractivity contribution in [2.45, 2.75) is 26.7 Å². The quantitative estimate of drug-likeness (QED) is 0.850. The van der Waals surface area contributed by atoms with E-state index in [0.29, 0.717) is 17.0 Å². The molecule has 1 aromatic carbocycles. The number of anilines is 1. The number of hydrogen-bond acceptors (Lipinski definition) is 2. The topological polar surface area (TPSA) is 24.9 Å². The molecule has 17 heavy (non-hydrogen) atoms. The van der Waals surface area contributed by atoms with Gasteiger partial charge in [-0.1, -0.05) is 13.8 Å². The van der Waals surface area contributed by atoms with Crippen molar-refractivity contribution < 1.29 is 4.39 Å². The number of benzene rings is 1. The molecule has 1 heterocycles. The predicted octanol–water partition coefficient (Wildman–Crippen LogP) is 3.85. The summed E-state index contributed by atoms with van der Waals surface area (Å²) in [7, 11) is 1.87. The van der Waals surface area contributed by atoms with Crippen molar-refractivity contribution >= 4 is 16.6 Å². The smallest absolute Gasteiger partial charge is 0.128 e. The Labute approximate surface area is 101 Å². The molecule has 1 aromatic heterocycles. The van der Waals surface area contributed by atoms with Crippen molar-refractivity contribution in [1.82, 2.24) is 4.98 Å². The van der Waals surface area contributed by atoms with E-state index in [2.05, 4.69) is 24.1 Å². The Bertz CT molecular complexity index is 562. The molecule has 0 aliphatic heterocycles. The standard InChI is InChI=1S/C14H17FN2/c1-8(2)12-7-13(16-4)10-5-9(3)11(15)6-14(10)17-12/h5-8H,1-4H3,(H,16,17). The van der Waals surface area contributed by atoms with Gasteiger partial charge in [0.05, 0.1) is 5.52 Å². The van der Waals surface area contributed by atoms with Gasteiger partial charge in [-0.05, 0) is 30.5 Å². The molecular weight excluding hydrogens is 215 g/mol. The molecule has 0 atom stereocenters. The zero-order chi connectivity index (χ0) is 12.6. The summed E-state index contributed by atoms with van der Waals surface area (Å²) in [5.74, 6) is 0.129. The molecule has 0 spiro atoms. The van der Waals surface area contributed by atoms with E-state index in [9.17, 15) is 4.39 Å². The van der Waals surface area contributed by atoms with Crippen LogP contribution >= 0.6 is 0 Å². The molecule has 0 bridgehead atoms. The maximum absolute atomic E-state index is 13.6. The van der Waals surface area contributed by atoms with Crippen LogP contribution in [0.2, 0.25) is 0 Å². The highest BCUT2D eigenvalue weighted by molar-refractivity contribution is 5.92. The van der Waals surface area contributed by atoms with E-state index in [1.165, 1.54) is 6.07 Å². The minimum Gasteiger partial charge on any atom is -0.388 e. The summed E-state index contributed by atoms with van der Waals surface area (Å²) in [5, 5.41) is 4.12. The van der Waals surface area contributed by atoms with Gasteiger partial charge in [0.2, 0.25) is 0 Å². The van der Waals surface area contributed by atoms with Crippen LogP contribution in [0.5, 0.6) is 0 Å². The largest absolute Gasteiger partial charge is 0.388 e. The van der Waals surface area contributed by atoms with E-state index in [-0.39, 0.29) is 5.82 Å². The molecule has 0 fully saturated rings. The van der Waals surface area contributed by atoms with Crippen LogP contribution in [0.15, 0.2) is 18.2 Å². The fourth-order valence-corrected chi connectivity index (χ4v) is 1.88. The molecule has 2 rings (SSSR count). The number of fused-ring (bicyclic) bond motifs is 1. The van der Waals surface area contributed by atoms with Crippen molar-refractivity contribution in [1.29, 1.82) is 0 Å². The van der Waals surface area contributed by atoms with Gasteiger partial charge >= 0.3 is 0 Å². The highest BCUT2D eigenvalue weighted by atomic mass is 19.1. The number of hydrogen-bond donors (Lipinski definition) is 1. The number of aromatic nitrogens is 1. The van der Waals surface area contributed by atoms with E-state index in [1.54, 1.807) is 6.92 Å². The van der Waals surface area contributed by atoms with Gasteiger partial charge in [0, 0.05) is 29.9 Å². The number of nitrogens with zero attached hydrogens (tertiary/aromatic N) is 1. The number of rotatable bonds is 2. The SMILES string of the molecule is CNc1cc(C(C)C)nc2cc(F)c(C)cc12. The molecule has 0 radical (unpaired) electrons. The van der Waals surface area contributed by atoms with Crippen LogP contribution in [0.25, 0.3) is 10.9 Å². The van der Waals surface area contributed by atoms with Gasteiger partial charge < -0.3 is 5.32 Å². The van der Waals surface area contributed by atoms with Gasteiger partial charge in [0.15, 0.2) is 0 Å². The van der Waals surface area contributed by atoms with Crippen LogP contribution in [-0.2, 0) is 0 Å². The van der Waals surface area contributed by atoms with Crippen LogP contribution in [-0.4, -0.2) is 12.0 Å². The predicted molar refractivity (Wildman–Crippen MR) is 70.1 cm³/mol. The summed E-state index contributed by atoms with van der Waals surface area (Å²) in [4.78, 5) is 4.51. The van der Waals surface area contributed by atoms with Gasteiger partial charge in [0.25, 0.3) is 0 Å². The molecule has 2 aromatic rings. The Hall–Kier alpha value is -1.64. The highest BCUT2D eigenvalue weighted by Crippen LogP contribution is 2.27. The van der Waals surface area contributed by atoms with Crippen LogP contribution in [0.3, 0.4) is 0 Å². The van der Waals surface area contributed by atoms with Crippen molar-refractivity contribution in [3.63, 3.8) is 0 Å². The Morgan fingerprint density at radius 2 is 1.94 bits per heavy atom. The molecule has 2 nitrogen and oxygen atoms in total. The molecule has 3 heteroatoms. The lowest BCUT2D eigenvalue weighted by molar-refractivity contribution is 0.620. The third-order valence-electron chi connectivity index (χ3n) is 2.97. The number of pyridine rings is 1. The van der Waals surface area contributed by atoms with Crippen LogP contribution in [0.1, 0.15) is 31.0 Å². The summed E-state index contributed by atoms with van der Waals surface area (Å²) in [6.45, 7) is 5.93. The first-order valence-electron chi connectivity index (χ1n) is 5.81. The van der Waals surface area contributed by atoms with Crippen LogP contribution in [0.4, 0.5) is 10.1 Å². The average Bonchev–Trinajstić information content (AvgIpc) is 2.29. The molecule has 0 aliphatic carbocycles. The molecule has 0 saturated heterocycles. The summed E-state index contributed by atoms with van der Waals surface area (Å²) in [6, 6.07) is 5.38. The monoisotopic (exact) mass is 232 g/mol. The number of nitrogens with one attached hydrogen (secondary N) is 1. The lowest BCUT2D eigenvalue weighted by atomic mass is 10.0. The Kier molecular flexibility index (Phi) is 3.01. The molecule has 0 saturated carbocycles. The first kappa shape index (κ1) is 11.8. The van der Waals surface area contributed by atoms with Gasteiger partial charge in [-0.2, -0.15) is 0 Å². The van der Waals surface area contributed by atoms with E-state index in [1.807, 2.05) is 19.2 Å². The Morgan fingerprint density at radius 1 is 1.24 bits per heavy atom. The van der Waals surface area contributed by atoms with Crippen LogP contribution < -0.4 is 5.32 Å². The van der Waals surface area contributed by atoms with Crippen LogP contribution in [0, 0.1) is 12.7 Å². The first-order chi connectivity index (χ1) is 8.02.